The normalized spacial score (nSPS) is 8.76. The molecule has 0 rings (SSSR count). The molecule has 0 saturated heterocycles. The van der Waals surface area contributed by atoms with Crippen molar-refractivity contribution in [3.63, 3.8) is 0 Å². The van der Waals surface area contributed by atoms with Crippen molar-refractivity contribution in [1.82, 2.24) is 0 Å². The van der Waals surface area contributed by atoms with Gasteiger partial charge >= 0.3 is 92.4 Å². The van der Waals surface area contributed by atoms with Gasteiger partial charge in [-0.25, -0.2) is 0 Å². The monoisotopic (exact) mass is 416 g/mol. The van der Waals surface area contributed by atoms with Crippen molar-refractivity contribution in [2.75, 3.05) is 0 Å². The molecule has 0 aromatic rings. The van der Waals surface area contributed by atoms with Gasteiger partial charge in [0, 0.05) is 8.80 Å². The van der Waals surface area contributed by atoms with Crippen LogP contribution < -0.4 is 0 Å². The van der Waals surface area contributed by atoms with Gasteiger partial charge in [0.2, 0.25) is 0 Å². The molecule has 0 atom stereocenters. The summed E-state index contributed by atoms with van der Waals surface area (Å²) in [4.78, 5) is 0. The first kappa shape index (κ1) is 29.2. The Morgan fingerprint density at radius 1 is 0.619 bits per heavy atom. The number of hydrogen-bond acceptors (Lipinski definition) is 0. The first-order chi connectivity index (χ1) is 10.1. The minimum Gasteiger partial charge on any atom is -0.0715 e. The van der Waals surface area contributed by atoms with E-state index in [2.05, 4.69) is 66.1 Å². The van der Waals surface area contributed by atoms with Crippen molar-refractivity contribution in [3.8, 4) is 25.7 Å². The predicted molar refractivity (Wildman–Crippen MR) is 108 cm³/mol. The molecule has 0 bridgehead atoms. The smallest absolute Gasteiger partial charge is 0.0379 e. The van der Waals surface area contributed by atoms with E-state index in [1.54, 1.807) is 13.3 Å². The van der Waals surface area contributed by atoms with Gasteiger partial charge in [0.15, 0.2) is 0 Å². The van der Waals surface area contributed by atoms with Gasteiger partial charge in [0.25, 0.3) is 0 Å². The van der Waals surface area contributed by atoms with Crippen molar-refractivity contribution < 1.29 is 0 Å². The van der Waals surface area contributed by atoms with E-state index in [1.165, 1.54) is 38.5 Å². The summed E-state index contributed by atoms with van der Waals surface area (Å²) in [7, 11) is 0.120. The average Bonchev–Trinajstić information content (AvgIpc) is 2.50. The molecule has 0 nitrogen and oxygen atoms in total. The summed E-state index contributed by atoms with van der Waals surface area (Å²) in [5.41, 5.74) is 0. The minimum absolute atomic E-state index is 0.120. The van der Waals surface area contributed by atoms with Gasteiger partial charge < -0.3 is 0 Å². The van der Waals surface area contributed by atoms with Crippen LogP contribution in [-0.4, -0.2) is 28.6 Å². The Bertz CT molecular complexity index is 157. The molecule has 0 aliphatic rings. The second kappa shape index (κ2) is 32.2. The number of hydrogen-bond donors (Lipinski definition) is 0. The van der Waals surface area contributed by atoms with E-state index in [4.69, 9.17) is 0 Å². The van der Waals surface area contributed by atoms with Gasteiger partial charge in [0.1, 0.15) is 0 Å². The van der Waals surface area contributed by atoms with Crippen LogP contribution in [0.4, 0.5) is 0 Å². The van der Waals surface area contributed by atoms with Gasteiger partial charge in [-0.05, 0) is 0 Å². The van der Waals surface area contributed by atoms with Gasteiger partial charge in [-0.2, -0.15) is 0 Å². The van der Waals surface area contributed by atoms with Crippen LogP contribution in [0.15, 0.2) is 0 Å². The maximum absolute atomic E-state index is 4.00. The summed E-state index contributed by atoms with van der Waals surface area (Å²) in [5, 5.41) is 0. The number of unbranched alkanes of at least 4 members (excludes halogenated alkanes) is 3. The van der Waals surface area contributed by atoms with E-state index >= 15 is 0 Å². The summed E-state index contributed by atoms with van der Waals surface area (Å²) in [6.07, 6.45) is 24.8. The second-order valence-electron chi connectivity index (χ2n) is 5.56. The van der Waals surface area contributed by atoms with Crippen LogP contribution in [0, 0.1) is 25.7 Å². The first-order valence-corrected chi connectivity index (χ1v) is 17.4. The zero-order valence-corrected chi connectivity index (χ0v) is 19.5. The van der Waals surface area contributed by atoms with Crippen LogP contribution in [0.3, 0.4) is 0 Å². The summed E-state index contributed by atoms with van der Waals surface area (Å²) in [6.45, 7) is 13.8. The first-order valence-electron chi connectivity index (χ1n) is 8.35. The van der Waals surface area contributed by atoms with Crippen LogP contribution in [0.5, 0.6) is 0 Å². The largest absolute Gasteiger partial charge is 0.0715 e. The zero-order chi connectivity index (χ0) is 17.5. The molecule has 0 fully saturated rings. The Morgan fingerprint density at radius 3 is 0.952 bits per heavy atom. The average molecular weight is 415 g/mol. The Balaban J connectivity index is -0.000000151. The molecule has 0 aliphatic heterocycles. The van der Waals surface area contributed by atoms with Gasteiger partial charge in [-0.1, -0.05) is 19.6 Å². The van der Waals surface area contributed by atoms with Crippen LogP contribution in [0.1, 0.15) is 59.3 Å². The van der Waals surface area contributed by atoms with E-state index in [0.717, 1.165) is 0 Å². The zero-order valence-electron chi connectivity index (χ0n) is 15.7. The molecule has 0 saturated carbocycles. The van der Waals surface area contributed by atoms with E-state index < -0.39 is 19.8 Å². The fraction of sp³-hybridized carbons (Fsp3) is 0.789. The van der Waals surface area contributed by atoms with Crippen molar-refractivity contribution in [1.29, 1.82) is 0 Å². The standard InChI is InChI=1S/3C4H9.C3H9Si.2C2H2.Sn/c3*1-3-4-2;1-4(2)3;2*1-2;/h3*1,3-4H2,2H3;1-3H3;2*1-2H;. The molecule has 0 heterocycles. The third kappa shape index (κ3) is 45.0. The van der Waals surface area contributed by atoms with E-state index in [-0.39, 0.29) is 8.80 Å². The molecule has 0 aliphatic carbocycles. The molecule has 0 amide bonds. The summed E-state index contributed by atoms with van der Waals surface area (Å²) in [6, 6.07) is 0. The molecule has 124 valence electrons. The summed E-state index contributed by atoms with van der Waals surface area (Å²) in [5.74, 6) is 0. The maximum atomic E-state index is 4.00. The van der Waals surface area contributed by atoms with Gasteiger partial charge in [-0.3, -0.25) is 0 Å². The van der Waals surface area contributed by atoms with Crippen LogP contribution in [0.25, 0.3) is 0 Å². The molecule has 0 aromatic heterocycles. The topological polar surface area (TPSA) is 0 Å². The van der Waals surface area contributed by atoms with E-state index in [9.17, 15) is 0 Å². The van der Waals surface area contributed by atoms with Crippen molar-refractivity contribution >= 4 is 28.6 Å². The van der Waals surface area contributed by atoms with Crippen LogP contribution >= 0.6 is 0 Å². The molecule has 2 heteroatoms. The van der Waals surface area contributed by atoms with Crippen molar-refractivity contribution in [2.45, 2.75) is 92.2 Å². The summed E-state index contributed by atoms with van der Waals surface area (Å²) >= 11 is -0.839. The van der Waals surface area contributed by atoms with Crippen molar-refractivity contribution in [3.05, 3.63) is 0 Å². The van der Waals surface area contributed by atoms with Crippen molar-refractivity contribution in [2.24, 2.45) is 0 Å². The van der Waals surface area contributed by atoms with Gasteiger partial charge in [-0.15, -0.1) is 25.7 Å². The predicted octanol–water partition coefficient (Wildman–Crippen LogP) is 6.75. The van der Waals surface area contributed by atoms with E-state index in [0.29, 0.717) is 0 Å². The SMILES string of the molecule is C#C.C#C.CCC[CH2][Sn]([CH2]CCC)[CH2]CCC.C[Si](C)C. The summed E-state index contributed by atoms with van der Waals surface area (Å²) < 4.78 is 5.04. The van der Waals surface area contributed by atoms with Crippen LogP contribution in [0.2, 0.25) is 33.0 Å². The third-order valence-corrected chi connectivity index (χ3v) is 11.7. The molecular weight excluding hydrogens is 375 g/mol. The fourth-order valence-corrected chi connectivity index (χ4v) is 11.1. The number of terminal acetylenes is 2. The molecular formula is C19H40SiSn. The number of rotatable bonds is 9. The Kier molecular flexibility index (Phi) is 44.7. The van der Waals surface area contributed by atoms with E-state index in [1.807, 2.05) is 0 Å². The maximum Gasteiger partial charge on any atom is 0.0379 e. The molecule has 0 spiro atoms. The second-order valence-corrected chi connectivity index (χ2v) is 17.1. The molecule has 0 unspecified atom stereocenters. The molecule has 2 radical (unpaired) electrons. The molecule has 0 N–H and O–H groups in total. The molecule has 21 heavy (non-hydrogen) atoms. The Hall–Kier alpha value is 0.136. The van der Waals surface area contributed by atoms with Gasteiger partial charge in [0.05, 0.1) is 0 Å². The Labute approximate surface area is 146 Å². The van der Waals surface area contributed by atoms with Crippen LogP contribution in [-0.2, 0) is 0 Å². The fourth-order valence-electron chi connectivity index (χ4n) is 1.66. The third-order valence-electron chi connectivity index (χ3n) is 2.65. The quantitative estimate of drug-likeness (QED) is 0.289. The minimum atomic E-state index is -0.839. The molecule has 0 aromatic carbocycles. The Morgan fingerprint density at radius 2 is 0.810 bits per heavy atom.